The second kappa shape index (κ2) is 5.06. The summed E-state index contributed by atoms with van der Waals surface area (Å²) in [5.74, 6) is 0.674. The highest BCUT2D eigenvalue weighted by atomic mass is 15.3. The van der Waals surface area contributed by atoms with Gasteiger partial charge in [-0.3, -0.25) is 4.68 Å². The molecule has 1 unspecified atom stereocenters. The molecule has 0 aliphatic heterocycles. The predicted molar refractivity (Wildman–Crippen MR) is 85.4 cm³/mol. The van der Waals surface area contributed by atoms with Gasteiger partial charge in [0, 0.05) is 31.7 Å². The predicted octanol–water partition coefficient (Wildman–Crippen LogP) is 3.89. The summed E-state index contributed by atoms with van der Waals surface area (Å²) in [6.45, 7) is 1.09. The third-order valence-corrected chi connectivity index (χ3v) is 4.84. The van der Waals surface area contributed by atoms with E-state index in [1.807, 2.05) is 0 Å². The molecule has 0 bridgehead atoms. The van der Waals surface area contributed by atoms with Gasteiger partial charge in [0.15, 0.2) is 0 Å². The Labute approximate surface area is 125 Å². The van der Waals surface area contributed by atoms with Crippen LogP contribution in [-0.2, 0) is 20.0 Å². The van der Waals surface area contributed by atoms with Crippen LogP contribution in [0.5, 0.6) is 0 Å². The number of aromatic nitrogens is 3. The average Bonchev–Trinajstić information content (AvgIpc) is 3.09. The van der Waals surface area contributed by atoms with Crippen molar-refractivity contribution in [2.24, 2.45) is 7.05 Å². The monoisotopic (exact) mass is 279 g/mol. The van der Waals surface area contributed by atoms with Gasteiger partial charge in [-0.1, -0.05) is 24.3 Å². The summed E-state index contributed by atoms with van der Waals surface area (Å²) in [6.07, 6.45) is 11.6. The van der Waals surface area contributed by atoms with E-state index >= 15 is 0 Å². The number of rotatable bonds is 3. The molecule has 108 valence electrons. The Balaban J connectivity index is 1.52. The van der Waals surface area contributed by atoms with E-state index < -0.39 is 0 Å². The van der Waals surface area contributed by atoms with Crippen molar-refractivity contribution in [1.29, 1.82) is 0 Å². The van der Waals surface area contributed by atoms with Crippen molar-refractivity contribution in [2.75, 3.05) is 0 Å². The van der Waals surface area contributed by atoms with Crippen molar-refractivity contribution in [3.05, 3.63) is 54.1 Å². The summed E-state index contributed by atoms with van der Waals surface area (Å²) in [5, 5.41) is 7.12. The molecule has 0 spiro atoms. The number of benzene rings is 1. The molecule has 1 aliphatic rings. The first kappa shape index (κ1) is 12.7. The molecule has 0 N–H and O–H groups in total. The van der Waals surface area contributed by atoms with E-state index in [-0.39, 0.29) is 0 Å². The number of aryl methyl sites for hydroxylation is 2. The Morgan fingerprint density at radius 3 is 2.71 bits per heavy atom. The Morgan fingerprint density at radius 1 is 1.19 bits per heavy atom. The quantitative estimate of drug-likeness (QED) is 0.713. The summed E-state index contributed by atoms with van der Waals surface area (Å²) < 4.78 is 4.40. The molecule has 0 radical (unpaired) electrons. The first-order valence-electron chi connectivity index (χ1n) is 7.86. The van der Waals surface area contributed by atoms with Gasteiger partial charge in [-0.2, -0.15) is 5.10 Å². The van der Waals surface area contributed by atoms with Gasteiger partial charge >= 0.3 is 0 Å². The van der Waals surface area contributed by atoms with E-state index in [9.17, 15) is 0 Å². The van der Waals surface area contributed by atoms with Crippen LogP contribution in [0.1, 0.15) is 36.4 Å². The molecule has 3 nitrogen and oxygen atoms in total. The van der Waals surface area contributed by atoms with Gasteiger partial charge in [0.2, 0.25) is 0 Å². The second-order valence-corrected chi connectivity index (χ2v) is 6.17. The number of nitrogens with zero attached hydrogens (tertiary/aromatic N) is 3. The van der Waals surface area contributed by atoms with Crippen molar-refractivity contribution in [3.8, 4) is 0 Å². The lowest BCUT2D eigenvalue weighted by molar-refractivity contribution is 0.475. The van der Waals surface area contributed by atoms with Gasteiger partial charge in [-0.15, -0.1) is 0 Å². The number of hydrogen-bond donors (Lipinski definition) is 0. The van der Waals surface area contributed by atoms with Gasteiger partial charge in [-0.05, 0) is 47.9 Å². The van der Waals surface area contributed by atoms with Crippen LogP contribution in [0.15, 0.2) is 42.9 Å². The van der Waals surface area contributed by atoms with Crippen molar-refractivity contribution in [3.63, 3.8) is 0 Å². The molecular formula is C18H21N3. The van der Waals surface area contributed by atoms with Crippen molar-refractivity contribution >= 4 is 10.8 Å². The summed E-state index contributed by atoms with van der Waals surface area (Å²) in [7, 11) is 2.07. The fraction of sp³-hybridized carbons (Fsp3) is 0.389. The van der Waals surface area contributed by atoms with E-state index in [4.69, 9.17) is 0 Å². The molecule has 4 rings (SSSR count). The van der Waals surface area contributed by atoms with Gasteiger partial charge in [0.1, 0.15) is 0 Å². The molecule has 2 heterocycles. The maximum absolute atomic E-state index is 4.45. The zero-order valence-electron chi connectivity index (χ0n) is 12.5. The maximum atomic E-state index is 4.45. The van der Waals surface area contributed by atoms with Crippen LogP contribution in [0.25, 0.3) is 10.8 Å². The minimum atomic E-state index is 0.674. The standard InChI is InChI=1S/C18H21N3/c1-20-18-8-4-7-14(17(18)11-19-20)9-10-21-12-15-5-2-3-6-16(15)13-21/h2-3,5-6,11-14H,4,7-10H2,1H3. The number of fused-ring (bicyclic) bond motifs is 2. The Morgan fingerprint density at radius 2 is 1.95 bits per heavy atom. The van der Waals surface area contributed by atoms with Crippen LogP contribution in [0.2, 0.25) is 0 Å². The van der Waals surface area contributed by atoms with Gasteiger partial charge < -0.3 is 4.57 Å². The van der Waals surface area contributed by atoms with Crippen molar-refractivity contribution in [1.82, 2.24) is 14.3 Å². The summed E-state index contributed by atoms with van der Waals surface area (Å²) in [6, 6.07) is 8.59. The molecule has 1 atom stereocenters. The molecule has 0 saturated carbocycles. The number of hydrogen-bond acceptors (Lipinski definition) is 1. The smallest absolute Gasteiger partial charge is 0.0527 e. The Bertz CT molecular complexity index is 733. The van der Waals surface area contributed by atoms with E-state index in [1.54, 1.807) is 0 Å². The van der Waals surface area contributed by atoms with Crippen LogP contribution in [0, 0.1) is 0 Å². The maximum Gasteiger partial charge on any atom is 0.0527 e. The first-order chi connectivity index (χ1) is 10.3. The van der Waals surface area contributed by atoms with Gasteiger partial charge in [0.25, 0.3) is 0 Å². The lowest BCUT2D eigenvalue weighted by Gasteiger charge is -2.22. The molecule has 21 heavy (non-hydrogen) atoms. The lowest BCUT2D eigenvalue weighted by Crippen LogP contribution is -2.13. The van der Waals surface area contributed by atoms with E-state index in [0.29, 0.717) is 5.92 Å². The fourth-order valence-corrected chi connectivity index (χ4v) is 3.67. The van der Waals surface area contributed by atoms with Crippen molar-refractivity contribution < 1.29 is 0 Å². The largest absolute Gasteiger partial charge is 0.353 e. The topological polar surface area (TPSA) is 22.8 Å². The highest BCUT2D eigenvalue weighted by molar-refractivity contribution is 5.82. The Kier molecular flexibility index (Phi) is 3.06. The zero-order chi connectivity index (χ0) is 14.2. The van der Waals surface area contributed by atoms with Crippen LogP contribution in [0.4, 0.5) is 0 Å². The first-order valence-corrected chi connectivity index (χ1v) is 7.86. The second-order valence-electron chi connectivity index (χ2n) is 6.17. The molecule has 3 aromatic rings. The SMILES string of the molecule is Cn1ncc2c1CCCC2CCn1cc2ccccc2c1. The lowest BCUT2D eigenvalue weighted by atomic mass is 9.85. The minimum absolute atomic E-state index is 0.674. The zero-order valence-corrected chi connectivity index (χ0v) is 12.5. The minimum Gasteiger partial charge on any atom is -0.353 e. The summed E-state index contributed by atoms with van der Waals surface area (Å²) in [5.41, 5.74) is 2.93. The van der Waals surface area contributed by atoms with E-state index in [2.05, 4.69) is 64.3 Å². The molecular weight excluding hydrogens is 258 g/mol. The van der Waals surface area contributed by atoms with Gasteiger partial charge in [0.05, 0.1) is 6.20 Å². The Hall–Kier alpha value is -2.03. The van der Waals surface area contributed by atoms with Crippen molar-refractivity contribution in [2.45, 2.75) is 38.1 Å². The molecule has 1 aromatic carbocycles. The van der Waals surface area contributed by atoms with E-state index in [0.717, 1.165) is 6.54 Å². The third kappa shape index (κ3) is 2.27. The molecule has 0 fully saturated rings. The van der Waals surface area contributed by atoms with Gasteiger partial charge in [-0.25, -0.2) is 0 Å². The third-order valence-electron chi connectivity index (χ3n) is 4.84. The van der Waals surface area contributed by atoms with Crippen LogP contribution in [0.3, 0.4) is 0 Å². The molecule has 3 heteroatoms. The summed E-state index contributed by atoms with van der Waals surface area (Å²) >= 11 is 0. The van der Waals surface area contributed by atoms with Crippen LogP contribution >= 0.6 is 0 Å². The fourth-order valence-electron chi connectivity index (χ4n) is 3.67. The highest BCUT2D eigenvalue weighted by Crippen LogP contribution is 2.34. The molecule has 0 amide bonds. The normalized spacial score (nSPS) is 18.0. The average molecular weight is 279 g/mol. The summed E-state index contributed by atoms with van der Waals surface area (Å²) in [4.78, 5) is 0. The molecule has 2 aromatic heterocycles. The molecule has 1 aliphatic carbocycles. The van der Waals surface area contributed by atoms with E-state index in [1.165, 1.54) is 47.7 Å². The van der Waals surface area contributed by atoms with Crippen LogP contribution < -0.4 is 0 Å². The van der Waals surface area contributed by atoms with Crippen LogP contribution in [-0.4, -0.2) is 14.3 Å². The molecule has 0 saturated heterocycles. The highest BCUT2D eigenvalue weighted by Gasteiger charge is 2.23.